The van der Waals surface area contributed by atoms with Gasteiger partial charge in [0.1, 0.15) is 11.0 Å². The van der Waals surface area contributed by atoms with Gasteiger partial charge in [0.25, 0.3) is 0 Å². The maximum atomic E-state index is 5.66. The molecule has 0 atom stereocenters. The van der Waals surface area contributed by atoms with Crippen molar-refractivity contribution in [1.29, 1.82) is 0 Å². The smallest absolute Gasteiger partial charge is 0.223 e. The Morgan fingerprint density at radius 1 is 1.62 bits per heavy atom. The maximum absolute atomic E-state index is 5.66. The number of rotatable bonds is 4. The first-order valence-corrected chi connectivity index (χ1v) is 4.13. The Balaban J connectivity index is 2.56. The standard InChI is InChI=1S/C7H11ClN4O/c1-13-3-2-10-6-4-5(8)11-7(9)12-6/h4H,2-3H2,1H3,(H3,9,10,11,12). The number of halogens is 1. The molecule has 0 saturated heterocycles. The fraction of sp³-hybridized carbons (Fsp3) is 0.429. The Bertz CT molecular complexity index is 261. The van der Waals surface area contributed by atoms with Gasteiger partial charge in [-0.15, -0.1) is 0 Å². The molecular weight excluding hydrogens is 192 g/mol. The fourth-order valence-electron chi connectivity index (χ4n) is 0.807. The number of aromatic nitrogens is 2. The molecule has 6 heteroatoms. The first-order chi connectivity index (χ1) is 6.22. The Labute approximate surface area is 81.3 Å². The monoisotopic (exact) mass is 202 g/mol. The van der Waals surface area contributed by atoms with E-state index in [1.54, 1.807) is 13.2 Å². The summed E-state index contributed by atoms with van der Waals surface area (Å²) in [5.74, 6) is 0.766. The van der Waals surface area contributed by atoms with E-state index in [9.17, 15) is 0 Å². The predicted molar refractivity (Wildman–Crippen MR) is 51.8 cm³/mol. The highest BCUT2D eigenvalue weighted by molar-refractivity contribution is 6.29. The van der Waals surface area contributed by atoms with Crippen LogP contribution in [0.1, 0.15) is 0 Å². The third-order valence-corrected chi connectivity index (χ3v) is 1.52. The normalized spacial score (nSPS) is 10.0. The van der Waals surface area contributed by atoms with Gasteiger partial charge in [-0.25, -0.2) is 4.98 Å². The van der Waals surface area contributed by atoms with Crippen molar-refractivity contribution in [2.24, 2.45) is 0 Å². The van der Waals surface area contributed by atoms with Gasteiger partial charge < -0.3 is 15.8 Å². The number of methoxy groups -OCH3 is 1. The lowest BCUT2D eigenvalue weighted by atomic mass is 10.5. The molecule has 0 aliphatic carbocycles. The quantitative estimate of drug-likeness (QED) is 0.558. The van der Waals surface area contributed by atoms with Crippen LogP contribution in [0.15, 0.2) is 6.07 Å². The largest absolute Gasteiger partial charge is 0.383 e. The summed E-state index contributed by atoms with van der Waals surface area (Å²) in [6, 6.07) is 1.60. The van der Waals surface area contributed by atoms with Gasteiger partial charge in [0.05, 0.1) is 6.61 Å². The summed E-state index contributed by atoms with van der Waals surface area (Å²) in [7, 11) is 1.63. The maximum Gasteiger partial charge on any atom is 0.223 e. The van der Waals surface area contributed by atoms with Crippen LogP contribution in [0.4, 0.5) is 11.8 Å². The first kappa shape index (κ1) is 10.0. The Kier molecular flexibility index (Phi) is 3.72. The minimum absolute atomic E-state index is 0.160. The van der Waals surface area contributed by atoms with Crippen molar-refractivity contribution in [2.45, 2.75) is 0 Å². The second-order valence-electron chi connectivity index (χ2n) is 2.35. The van der Waals surface area contributed by atoms with E-state index >= 15 is 0 Å². The van der Waals surface area contributed by atoms with Gasteiger partial charge in [-0.2, -0.15) is 4.98 Å². The van der Waals surface area contributed by atoms with Crippen molar-refractivity contribution in [1.82, 2.24) is 9.97 Å². The summed E-state index contributed by atoms with van der Waals surface area (Å²) in [6.07, 6.45) is 0. The van der Waals surface area contributed by atoms with Gasteiger partial charge in [-0.3, -0.25) is 0 Å². The molecule has 0 fully saturated rings. The SMILES string of the molecule is COCCNc1cc(Cl)nc(N)n1. The molecule has 0 amide bonds. The van der Waals surface area contributed by atoms with Gasteiger partial charge in [-0.05, 0) is 0 Å². The molecule has 0 unspecified atom stereocenters. The summed E-state index contributed by atoms with van der Waals surface area (Å²) in [4.78, 5) is 7.64. The molecule has 13 heavy (non-hydrogen) atoms. The molecule has 1 aromatic heterocycles. The molecule has 0 aliphatic rings. The van der Waals surface area contributed by atoms with Crippen LogP contribution in [-0.2, 0) is 4.74 Å². The minimum Gasteiger partial charge on any atom is -0.383 e. The third-order valence-electron chi connectivity index (χ3n) is 1.32. The van der Waals surface area contributed by atoms with E-state index < -0.39 is 0 Å². The summed E-state index contributed by atoms with van der Waals surface area (Å²) < 4.78 is 4.85. The second-order valence-corrected chi connectivity index (χ2v) is 2.74. The molecule has 3 N–H and O–H groups in total. The number of nitrogens with one attached hydrogen (secondary N) is 1. The van der Waals surface area contributed by atoms with Crippen molar-refractivity contribution in [3.8, 4) is 0 Å². The lowest BCUT2D eigenvalue weighted by molar-refractivity contribution is 0.210. The molecule has 1 heterocycles. The molecule has 5 nitrogen and oxygen atoms in total. The zero-order valence-electron chi connectivity index (χ0n) is 7.25. The van der Waals surface area contributed by atoms with Gasteiger partial charge >= 0.3 is 0 Å². The van der Waals surface area contributed by atoms with E-state index in [-0.39, 0.29) is 5.95 Å². The number of ether oxygens (including phenoxy) is 1. The molecule has 0 radical (unpaired) electrons. The topological polar surface area (TPSA) is 73.1 Å². The first-order valence-electron chi connectivity index (χ1n) is 3.75. The Morgan fingerprint density at radius 3 is 3.00 bits per heavy atom. The van der Waals surface area contributed by atoms with Crippen molar-refractivity contribution in [2.75, 3.05) is 31.3 Å². The summed E-state index contributed by atoms with van der Waals surface area (Å²) >= 11 is 5.66. The number of nitrogens with two attached hydrogens (primary N) is 1. The fourth-order valence-corrected chi connectivity index (χ4v) is 0.997. The van der Waals surface area contributed by atoms with E-state index in [0.717, 1.165) is 0 Å². The van der Waals surface area contributed by atoms with Crippen molar-refractivity contribution in [3.63, 3.8) is 0 Å². The molecular formula is C7H11ClN4O. The van der Waals surface area contributed by atoms with Crippen LogP contribution >= 0.6 is 11.6 Å². The molecule has 0 spiro atoms. The zero-order valence-corrected chi connectivity index (χ0v) is 8.01. The Morgan fingerprint density at radius 2 is 2.38 bits per heavy atom. The average Bonchev–Trinajstić information content (AvgIpc) is 2.03. The van der Waals surface area contributed by atoms with Crippen LogP contribution in [0, 0.1) is 0 Å². The number of hydrogen-bond donors (Lipinski definition) is 2. The highest BCUT2D eigenvalue weighted by Crippen LogP contribution is 2.11. The lowest BCUT2D eigenvalue weighted by Gasteiger charge is -2.04. The molecule has 0 bridgehead atoms. The van der Waals surface area contributed by atoms with Gasteiger partial charge in [0, 0.05) is 19.7 Å². The van der Waals surface area contributed by atoms with Crippen LogP contribution in [-0.4, -0.2) is 30.2 Å². The van der Waals surface area contributed by atoms with E-state index in [0.29, 0.717) is 24.1 Å². The summed E-state index contributed by atoms with van der Waals surface area (Å²) in [5.41, 5.74) is 5.39. The highest BCUT2D eigenvalue weighted by atomic mass is 35.5. The average molecular weight is 203 g/mol. The molecule has 0 aromatic carbocycles. The lowest BCUT2D eigenvalue weighted by Crippen LogP contribution is -2.10. The molecule has 1 rings (SSSR count). The van der Waals surface area contributed by atoms with E-state index in [1.165, 1.54) is 0 Å². The van der Waals surface area contributed by atoms with Crippen LogP contribution in [0.5, 0.6) is 0 Å². The Hall–Kier alpha value is -1.07. The van der Waals surface area contributed by atoms with Crippen molar-refractivity contribution >= 4 is 23.4 Å². The van der Waals surface area contributed by atoms with Crippen molar-refractivity contribution < 1.29 is 4.74 Å². The zero-order chi connectivity index (χ0) is 9.68. The van der Waals surface area contributed by atoms with Crippen molar-refractivity contribution in [3.05, 3.63) is 11.2 Å². The van der Waals surface area contributed by atoms with Crippen LogP contribution < -0.4 is 11.1 Å². The number of nitrogen functional groups attached to an aromatic ring is 1. The highest BCUT2D eigenvalue weighted by Gasteiger charge is 1.98. The van der Waals surface area contributed by atoms with Gasteiger partial charge in [-0.1, -0.05) is 11.6 Å². The summed E-state index contributed by atoms with van der Waals surface area (Å²) in [5, 5.41) is 3.31. The van der Waals surface area contributed by atoms with Crippen LogP contribution in [0.3, 0.4) is 0 Å². The molecule has 0 aliphatic heterocycles. The van der Waals surface area contributed by atoms with Crippen LogP contribution in [0.25, 0.3) is 0 Å². The minimum atomic E-state index is 0.160. The second kappa shape index (κ2) is 4.84. The van der Waals surface area contributed by atoms with Gasteiger partial charge in [0.15, 0.2) is 0 Å². The van der Waals surface area contributed by atoms with E-state index in [1.807, 2.05) is 0 Å². The predicted octanol–water partition coefficient (Wildman–Crippen LogP) is 0.770. The number of nitrogens with zero attached hydrogens (tertiary/aromatic N) is 2. The third kappa shape index (κ3) is 3.43. The van der Waals surface area contributed by atoms with E-state index in [2.05, 4.69) is 15.3 Å². The summed E-state index contributed by atoms with van der Waals surface area (Å²) in [6.45, 7) is 1.25. The molecule has 1 aromatic rings. The van der Waals surface area contributed by atoms with Gasteiger partial charge in [0.2, 0.25) is 5.95 Å². The number of hydrogen-bond acceptors (Lipinski definition) is 5. The van der Waals surface area contributed by atoms with Crippen LogP contribution in [0.2, 0.25) is 5.15 Å². The molecule has 0 saturated carbocycles. The molecule has 72 valence electrons. The van der Waals surface area contributed by atoms with E-state index in [4.69, 9.17) is 22.1 Å². The number of anilines is 2.